The highest BCUT2D eigenvalue weighted by Crippen LogP contribution is 2.39. The first-order chi connectivity index (χ1) is 12.2. The van der Waals surface area contributed by atoms with Gasteiger partial charge in [-0.05, 0) is 43.6 Å². The first-order valence-corrected chi connectivity index (χ1v) is 8.91. The number of halogens is 1. The molecule has 5 heteroatoms. The minimum Gasteiger partial charge on any atom is -0.339 e. The van der Waals surface area contributed by atoms with E-state index in [9.17, 15) is 0 Å². The lowest BCUT2D eigenvalue weighted by molar-refractivity contribution is 0.198. The maximum absolute atomic E-state index is 6.05. The molecule has 2 heterocycles. The van der Waals surface area contributed by atoms with Gasteiger partial charge in [-0.2, -0.15) is 4.98 Å². The highest BCUT2D eigenvalue weighted by molar-refractivity contribution is 6.30. The molecular formula is C20H20ClN3O. The molecule has 0 saturated carbocycles. The van der Waals surface area contributed by atoms with Crippen molar-refractivity contribution in [2.45, 2.75) is 18.3 Å². The first-order valence-electron chi connectivity index (χ1n) is 8.54. The predicted molar refractivity (Wildman–Crippen MR) is 98.8 cm³/mol. The van der Waals surface area contributed by atoms with Gasteiger partial charge in [0.2, 0.25) is 11.7 Å². The molecule has 4 nitrogen and oxygen atoms in total. The Hall–Kier alpha value is -2.17. The second kappa shape index (κ2) is 6.98. The summed E-state index contributed by atoms with van der Waals surface area (Å²) >= 11 is 6.05. The lowest BCUT2D eigenvalue weighted by Crippen LogP contribution is -2.35. The van der Waals surface area contributed by atoms with Crippen LogP contribution in [0, 0.1) is 0 Å². The van der Waals surface area contributed by atoms with Gasteiger partial charge in [-0.3, -0.25) is 0 Å². The van der Waals surface area contributed by atoms with Crippen LogP contribution in [0.15, 0.2) is 59.1 Å². The van der Waals surface area contributed by atoms with Crippen molar-refractivity contribution in [3.63, 3.8) is 0 Å². The summed E-state index contributed by atoms with van der Waals surface area (Å²) in [6, 6.07) is 18.1. The van der Waals surface area contributed by atoms with Gasteiger partial charge in [-0.15, -0.1) is 0 Å². The summed E-state index contributed by atoms with van der Waals surface area (Å²) in [5, 5.41) is 4.96. The maximum Gasteiger partial charge on any atom is 0.231 e. The van der Waals surface area contributed by atoms with Crippen molar-refractivity contribution in [2.24, 2.45) is 0 Å². The molecule has 0 radical (unpaired) electrons. The smallest absolute Gasteiger partial charge is 0.231 e. The van der Waals surface area contributed by atoms with Gasteiger partial charge in [0.15, 0.2) is 0 Å². The average molecular weight is 354 g/mol. The van der Waals surface area contributed by atoms with Gasteiger partial charge in [0.25, 0.3) is 0 Å². The number of benzene rings is 2. The van der Waals surface area contributed by atoms with Gasteiger partial charge in [0, 0.05) is 17.1 Å². The Balaban J connectivity index is 1.66. The van der Waals surface area contributed by atoms with Crippen LogP contribution >= 0.6 is 11.6 Å². The topological polar surface area (TPSA) is 42.2 Å². The zero-order valence-electron chi connectivity index (χ0n) is 14.1. The monoisotopic (exact) mass is 353 g/mol. The lowest BCUT2D eigenvalue weighted by Gasteiger charge is -2.35. The quantitative estimate of drug-likeness (QED) is 0.690. The largest absolute Gasteiger partial charge is 0.339 e. The zero-order chi connectivity index (χ0) is 17.2. The zero-order valence-corrected chi connectivity index (χ0v) is 14.9. The number of piperidine rings is 1. The summed E-state index contributed by atoms with van der Waals surface area (Å²) in [6.45, 7) is 1.97. The van der Waals surface area contributed by atoms with Crippen LogP contribution in [0.4, 0.5) is 0 Å². The van der Waals surface area contributed by atoms with Gasteiger partial charge >= 0.3 is 0 Å². The number of nitrogens with zero attached hydrogens (tertiary/aromatic N) is 3. The molecule has 0 bridgehead atoms. The van der Waals surface area contributed by atoms with E-state index in [2.05, 4.69) is 29.2 Å². The number of rotatable bonds is 3. The molecule has 25 heavy (non-hydrogen) atoms. The Morgan fingerprint density at radius 1 is 1.04 bits per heavy atom. The van der Waals surface area contributed by atoms with E-state index in [1.165, 1.54) is 5.56 Å². The Kier molecular flexibility index (Phi) is 4.55. The molecule has 128 valence electrons. The molecule has 2 aromatic carbocycles. The van der Waals surface area contributed by atoms with Crippen LogP contribution in [-0.2, 0) is 0 Å². The number of hydrogen-bond acceptors (Lipinski definition) is 4. The predicted octanol–water partition coefficient (Wildman–Crippen LogP) is 4.59. The van der Waals surface area contributed by atoms with Crippen molar-refractivity contribution in [1.82, 2.24) is 15.0 Å². The molecule has 1 saturated heterocycles. The normalized spacial score (nSPS) is 21.4. The molecule has 1 aliphatic rings. The number of likely N-dealkylation sites (tertiary alicyclic amines) is 1. The molecular weight excluding hydrogens is 334 g/mol. The van der Waals surface area contributed by atoms with E-state index in [0.29, 0.717) is 17.6 Å². The van der Waals surface area contributed by atoms with Crippen LogP contribution in [0.3, 0.4) is 0 Å². The van der Waals surface area contributed by atoms with Crippen molar-refractivity contribution in [3.8, 4) is 11.4 Å². The molecule has 1 unspecified atom stereocenters. The SMILES string of the molecule is CN1CC[C@@H](c2ccc(Cl)cc2)C(c2nc(-c3ccccc3)no2)C1. The molecule has 1 fully saturated rings. The van der Waals surface area contributed by atoms with Gasteiger partial charge in [0.1, 0.15) is 0 Å². The summed E-state index contributed by atoms with van der Waals surface area (Å²) in [5.74, 6) is 1.91. The highest BCUT2D eigenvalue weighted by atomic mass is 35.5. The fourth-order valence-corrected chi connectivity index (χ4v) is 3.69. The number of likely N-dealkylation sites (N-methyl/N-ethyl adjacent to an activating group) is 1. The summed E-state index contributed by atoms with van der Waals surface area (Å²) in [6.07, 6.45) is 1.06. The molecule has 0 N–H and O–H groups in total. The second-order valence-corrected chi connectivity index (χ2v) is 7.07. The Bertz CT molecular complexity index is 832. The van der Waals surface area contributed by atoms with E-state index in [4.69, 9.17) is 21.1 Å². The van der Waals surface area contributed by atoms with Gasteiger partial charge in [0.05, 0.1) is 5.92 Å². The third-order valence-corrected chi connectivity index (χ3v) is 5.16. The Morgan fingerprint density at radius 3 is 2.56 bits per heavy atom. The standard InChI is InChI=1S/C20H20ClN3O/c1-24-12-11-17(14-7-9-16(21)10-8-14)18(13-24)20-22-19(23-25-20)15-5-3-2-4-6-15/h2-10,17-18H,11-13H2,1H3/t17-,18?/m0/s1. The first kappa shape index (κ1) is 16.3. The third kappa shape index (κ3) is 3.46. The van der Waals surface area contributed by atoms with Crippen LogP contribution in [0.1, 0.15) is 29.7 Å². The van der Waals surface area contributed by atoms with Gasteiger partial charge < -0.3 is 9.42 Å². The Labute approximate surface area is 152 Å². The van der Waals surface area contributed by atoms with Crippen LogP contribution in [0.5, 0.6) is 0 Å². The molecule has 2 atom stereocenters. The number of aromatic nitrogens is 2. The van der Waals surface area contributed by atoms with Crippen LogP contribution in [0.2, 0.25) is 5.02 Å². The molecule has 3 aromatic rings. The molecule has 1 aliphatic heterocycles. The van der Waals surface area contributed by atoms with E-state index >= 15 is 0 Å². The van der Waals surface area contributed by atoms with Gasteiger partial charge in [-0.25, -0.2) is 0 Å². The van der Waals surface area contributed by atoms with E-state index in [1.807, 2.05) is 42.5 Å². The fourth-order valence-electron chi connectivity index (χ4n) is 3.56. The Morgan fingerprint density at radius 2 is 1.80 bits per heavy atom. The molecule has 1 aromatic heterocycles. The summed E-state index contributed by atoms with van der Waals surface area (Å²) in [5.41, 5.74) is 2.26. The molecule has 0 amide bonds. The van der Waals surface area contributed by atoms with Crippen molar-refractivity contribution < 1.29 is 4.52 Å². The van der Waals surface area contributed by atoms with E-state index in [1.54, 1.807) is 0 Å². The highest BCUT2D eigenvalue weighted by Gasteiger charge is 2.34. The summed E-state index contributed by atoms with van der Waals surface area (Å²) in [4.78, 5) is 7.02. The average Bonchev–Trinajstić information content (AvgIpc) is 3.13. The minimum absolute atomic E-state index is 0.185. The van der Waals surface area contributed by atoms with Crippen LogP contribution in [-0.4, -0.2) is 35.2 Å². The number of hydrogen-bond donors (Lipinski definition) is 0. The van der Waals surface area contributed by atoms with Crippen molar-refractivity contribution >= 4 is 11.6 Å². The van der Waals surface area contributed by atoms with Crippen molar-refractivity contribution in [1.29, 1.82) is 0 Å². The fraction of sp³-hybridized carbons (Fsp3) is 0.300. The maximum atomic E-state index is 6.05. The summed E-state index contributed by atoms with van der Waals surface area (Å²) in [7, 11) is 2.14. The molecule has 0 spiro atoms. The minimum atomic E-state index is 0.185. The van der Waals surface area contributed by atoms with Crippen LogP contribution in [0.25, 0.3) is 11.4 Å². The van der Waals surface area contributed by atoms with E-state index in [0.717, 1.165) is 30.1 Å². The van der Waals surface area contributed by atoms with Crippen molar-refractivity contribution in [3.05, 3.63) is 71.1 Å². The van der Waals surface area contributed by atoms with Crippen molar-refractivity contribution in [2.75, 3.05) is 20.1 Å². The lowest BCUT2D eigenvalue weighted by atomic mass is 9.80. The van der Waals surface area contributed by atoms with E-state index in [-0.39, 0.29) is 5.92 Å². The second-order valence-electron chi connectivity index (χ2n) is 6.64. The third-order valence-electron chi connectivity index (χ3n) is 4.90. The van der Waals surface area contributed by atoms with Gasteiger partial charge in [-0.1, -0.05) is 59.2 Å². The summed E-state index contributed by atoms with van der Waals surface area (Å²) < 4.78 is 5.67. The van der Waals surface area contributed by atoms with Crippen LogP contribution < -0.4 is 0 Å². The van der Waals surface area contributed by atoms with E-state index < -0.39 is 0 Å². The molecule has 0 aliphatic carbocycles. The molecule has 4 rings (SSSR count).